The van der Waals surface area contributed by atoms with Crippen LogP contribution >= 0.6 is 24.0 Å². The third-order valence-corrected chi connectivity index (χ3v) is 3.80. The number of aliphatic hydroxyl groups is 1. The fraction of sp³-hybridized carbons (Fsp3) is 0.722. The van der Waals surface area contributed by atoms with E-state index in [0.717, 1.165) is 49.0 Å². The van der Waals surface area contributed by atoms with Gasteiger partial charge in [0.25, 0.3) is 0 Å². The van der Waals surface area contributed by atoms with E-state index < -0.39 is 0 Å². The van der Waals surface area contributed by atoms with Gasteiger partial charge in [0, 0.05) is 25.3 Å². The second kappa shape index (κ2) is 12.6. The summed E-state index contributed by atoms with van der Waals surface area (Å²) < 4.78 is 5.54. The largest absolute Gasteiger partial charge is 0.466 e. The summed E-state index contributed by atoms with van der Waals surface area (Å²) in [4.78, 5) is 4.64. The number of guanidine groups is 1. The molecular formula is C18H34IN3O2. The number of aliphatic hydroxyl groups excluding tert-OH is 1. The van der Waals surface area contributed by atoms with Crippen LogP contribution in [0.4, 0.5) is 0 Å². The molecule has 24 heavy (non-hydrogen) atoms. The number of hydrogen-bond donors (Lipinski definition) is 3. The third-order valence-electron chi connectivity index (χ3n) is 3.80. The second-order valence-corrected chi connectivity index (χ2v) is 6.52. The topological polar surface area (TPSA) is 69.8 Å². The first-order valence-electron chi connectivity index (χ1n) is 8.65. The number of nitrogens with one attached hydrogen (secondary N) is 2. The van der Waals surface area contributed by atoms with Crippen molar-refractivity contribution in [2.24, 2.45) is 16.8 Å². The number of hydrogen-bond acceptors (Lipinski definition) is 3. The van der Waals surface area contributed by atoms with E-state index in [0.29, 0.717) is 18.4 Å². The van der Waals surface area contributed by atoms with Gasteiger partial charge in [-0.2, -0.15) is 0 Å². The Hall–Kier alpha value is -0.760. The molecule has 0 aliphatic heterocycles. The molecule has 0 radical (unpaired) electrons. The predicted octanol–water partition coefficient (Wildman–Crippen LogP) is 3.61. The molecule has 0 saturated carbocycles. The molecule has 3 N–H and O–H groups in total. The minimum absolute atomic E-state index is 0. The van der Waals surface area contributed by atoms with Crippen molar-refractivity contribution >= 4 is 29.9 Å². The minimum atomic E-state index is 0. The summed E-state index contributed by atoms with van der Waals surface area (Å²) in [6.07, 6.45) is 1.93. The van der Waals surface area contributed by atoms with Crippen LogP contribution in [-0.4, -0.2) is 30.8 Å². The standard InChI is InChI=1S/C18H33N3O2.HI/c1-6-19-18(20-11-16(7-8-22)9-13(2)3)21-12-17-10-14(4)23-15(17)5;/h10,13,16,22H,6-9,11-12H2,1-5H3,(H2,19,20,21);1H. The summed E-state index contributed by atoms with van der Waals surface area (Å²) in [6, 6.07) is 2.04. The molecule has 140 valence electrons. The van der Waals surface area contributed by atoms with Crippen LogP contribution in [0.2, 0.25) is 0 Å². The first-order valence-corrected chi connectivity index (χ1v) is 8.65. The van der Waals surface area contributed by atoms with Crippen molar-refractivity contribution in [3.05, 3.63) is 23.2 Å². The zero-order chi connectivity index (χ0) is 17.2. The predicted molar refractivity (Wildman–Crippen MR) is 111 cm³/mol. The fourth-order valence-electron chi connectivity index (χ4n) is 2.74. The molecule has 0 saturated heterocycles. The maximum Gasteiger partial charge on any atom is 0.191 e. The van der Waals surface area contributed by atoms with Crippen molar-refractivity contribution in [1.82, 2.24) is 10.6 Å². The lowest BCUT2D eigenvalue weighted by atomic mass is 9.94. The molecule has 1 aromatic heterocycles. The summed E-state index contributed by atoms with van der Waals surface area (Å²) in [5, 5.41) is 15.9. The number of aliphatic imine (C=N–C) groups is 1. The Bertz CT molecular complexity index is 487. The second-order valence-electron chi connectivity index (χ2n) is 6.52. The lowest BCUT2D eigenvalue weighted by Gasteiger charge is -2.20. The summed E-state index contributed by atoms with van der Waals surface area (Å²) in [7, 11) is 0. The van der Waals surface area contributed by atoms with Gasteiger partial charge >= 0.3 is 0 Å². The highest BCUT2D eigenvalue weighted by Gasteiger charge is 2.11. The molecule has 0 spiro atoms. The van der Waals surface area contributed by atoms with E-state index in [1.54, 1.807) is 0 Å². The quantitative estimate of drug-likeness (QED) is 0.305. The Morgan fingerprint density at radius 1 is 1.29 bits per heavy atom. The van der Waals surface area contributed by atoms with Crippen LogP contribution in [0.15, 0.2) is 15.5 Å². The highest BCUT2D eigenvalue weighted by Crippen LogP contribution is 2.15. The van der Waals surface area contributed by atoms with E-state index in [1.807, 2.05) is 19.9 Å². The summed E-state index contributed by atoms with van der Waals surface area (Å²) >= 11 is 0. The maximum atomic E-state index is 9.22. The van der Waals surface area contributed by atoms with Gasteiger partial charge in [0.1, 0.15) is 11.5 Å². The monoisotopic (exact) mass is 451 g/mol. The normalized spacial score (nSPS) is 12.9. The lowest BCUT2D eigenvalue weighted by molar-refractivity contribution is 0.243. The molecule has 6 heteroatoms. The summed E-state index contributed by atoms with van der Waals surface area (Å²) in [5.41, 5.74) is 1.12. The number of aryl methyl sites for hydroxylation is 2. The van der Waals surface area contributed by atoms with E-state index in [1.165, 1.54) is 0 Å². The van der Waals surface area contributed by atoms with Gasteiger partial charge in [-0.15, -0.1) is 24.0 Å². The third kappa shape index (κ3) is 8.92. The highest BCUT2D eigenvalue weighted by molar-refractivity contribution is 14.0. The van der Waals surface area contributed by atoms with E-state index in [2.05, 4.69) is 36.4 Å². The van der Waals surface area contributed by atoms with E-state index in [9.17, 15) is 5.11 Å². The van der Waals surface area contributed by atoms with E-state index in [-0.39, 0.29) is 30.6 Å². The Balaban J connectivity index is 0.00000529. The summed E-state index contributed by atoms with van der Waals surface area (Å²) in [5.74, 6) is 3.76. The average Bonchev–Trinajstić information content (AvgIpc) is 2.79. The maximum absolute atomic E-state index is 9.22. The van der Waals surface area contributed by atoms with Crippen LogP contribution in [0.1, 0.15) is 50.7 Å². The molecule has 0 amide bonds. The first kappa shape index (κ1) is 23.2. The van der Waals surface area contributed by atoms with Crippen LogP contribution in [0.25, 0.3) is 0 Å². The van der Waals surface area contributed by atoms with Crippen molar-refractivity contribution in [3.8, 4) is 0 Å². The van der Waals surface area contributed by atoms with Crippen LogP contribution in [0.3, 0.4) is 0 Å². The molecule has 1 rings (SSSR count). The van der Waals surface area contributed by atoms with Gasteiger partial charge in [0.15, 0.2) is 5.96 Å². The van der Waals surface area contributed by atoms with Crippen LogP contribution < -0.4 is 10.6 Å². The Morgan fingerprint density at radius 3 is 2.50 bits per heavy atom. The van der Waals surface area contributed by atoms with Crippen LogP contribution in [-0.2, 0) is 6.54 Å². The molecule has 0 aromatic carbocycles. The van der Waals surface area contributed by atoms with Gasteiger partial charge in [0.05, 0.1) is 6.54 Å². The van der Waals surface area contributed by atoms with E-state index >= 15 is 0 Å². The van der Waals surface area contributed by atoms with Crippen LogP contribution in [0, 0.1) is 25.7 Å². The Kier molecular flexibility index (Phi) is 12.2. The molecule has 1 unspecified atom stereocenters. The molecule has 0 aliphatic rings. The molecule has 0 bridgehead atoms. The first-order chi connectivity index (χ1) is 11.0. The van der Waals surface area contributed by atoms with Crippen molar-refractivity contribution in [2.75, 3.05) is 19.7 Å². The lowest BCUT2D eigenvalue weighted by Crippen LogP contribution is -2.40. The zero-order valence-corrected chi connectivity index (χ0v) is 18.0. The van der Waals surface area contributed by atoms with Crippen molar-refractivity contribution in [2.45, 2.75) is 54.0 Å². The average molecular weight is 451 g/mol. The molecule has 0 aliphatic carbocycles. The van der Waals surface area contributed by atoms with Crippen molar-refractivity contribution in [3.63, 3.8) is 0 Å². The number of furan rings is 1. The molecule has 1 heterocycles. The Labute approximate surface area is 163 Å². The number of nitrogens with zero attached hydrogens (tertiary/aromatic N) is 1. The number of halogens is 1. The highest BCUT2D eigenvalue weighted by atomic mass is 127. The molecule has 0 fully saturated rings. The van der Waals surface area contributed by atoms with Crippen LogP contribution in [0.5, 0.6) is 0 Å². The fourth-order valence-corrected chi connectivity index (χ4v) is 2.74. The number of rotatable bonds is 9. The minimum Gasteiger partial charge on any atom is -0.466 e. The molecular weight excluding hydrogens is 417 g/mol. The van der Waals surface area contributed by atoms with Gasteiger partial charge < -0.3 is 20.2 Å². The van der Waals surface area contributed by atoms with Gasteiger partial charge in [-0.3, -0.25) is 0 Å². The molecule has 1 atom stereocenters. The molecule has 1 aromatic rings. The zero-order valence-electron chi connectivity index (χ0n) is 15.7. The summed E-state index contributed by atoms with van der Waals surface area (Å²) in [6.45, 7) is 12.9. The smallest absolute Gasteiger partial charge is 0.191 e. The van der Waals surface area contributed by atoms with Crippen molar-refractivity contribution in [1.29, 1.82) is 0 Å². The van der Waals surface area contributed by atoms with E-state index in [4.69, 9.17) is 4.42 Å². The van der Waals surface area contributed by atoms with Gasteiger partial charge in [0.2, 0.25) is 0 Å². The van der Waals surface area contributed by atoms with Gasteiger partial charge in [-0.1, -0.05) is 13.8 Å². The Morgan fingerprint density at radius 2 is 2.00 bits per heavy atom. The van der Waals surface area contributed by atoms with Crippen molar-refractivity contribution < 1.29 is 9.52 Å². The SMILES string of the molecule is CCNC(=NCc1cc(C)oc1C)NCC(CCO)CC(C)C.I. The van der Waals surface area contributed by atoms with Gasteiger partial charge in [-0.05, 0) is 51.5 Å². The molecule has 5 nitrogen and oxygen atoms in total. The van der Waals surface area contributed by atoms with Gasteiger partial charge in [-0.25, -0.2) is 4.99 Å².